The lowest BCUT2D eigenvalue weighted by molar-refractivity contribution is 0.411. The molecule has 5 heteroatoms. The Hall–Kier alpha value is -1.07. The van der Waals surface area contributed by atoms with Gasteiger partial charge in [-0.25, -0.2) is 8.42 Å². The number of nitrogens with two attached hydrogens (primary N) is 1. The summed E-state index contributed by atoms with van der Waals surface area (Å²) in [7, 11) is -1.68. The van der Waals surface area contributed by atoms with E-state index in [1.807, 2.05) is 6.92 Å². The second-order valence-electron chi connectivity index (χ2n) is 4.22. The van der Waals surface area contributed by atoms with E-state index in [1.54, 1.807) is 32.2 Å². The number of rotatable bonds is 5. The maximum Gasteiger partial charge on any atom is 0.178 e. The van der Waals surface area contributed by atoms with Gasteiger partial charge in [-0.3, -0.25) is 0 Å². The number of sulfone groups is 1. The fraction of sp³-hybridized carbons (Fsp3) is 0.500. The fourth-order valence-corrected chi connectivity index (χ4v) is 3.05. The molecule has 17 heavy (non-hydrogen) atoms. The van der Waals surface area contributed by atoms with Crippen LogP contribution >= 0.6 is 0 Å². The Bertz CT molecular complexity index is 481. The maximum absolute atomic E-state index is 12.0. The van der Waals surface area contributed by atoms with Gasteiger partial charge < -0.3 is 10.5 Å². The maximum atomic E-state index is 12.0. The smallest absolute Gasteiger partial charge is 0.178 e. The lowest BCUT2D eigenvalue weighted by atomic mass is 10.2. The molecule has 0 bridgehead atoms. The first-order chi connectivity index (χ1) is 7.86. The van der Waals surface area contributed by atoms with E-state index in [4.69, 9.17) is 10.5 Å². The van der Waals surface area contributed by atoms with Crippen molar-refractivity contribution in [2.45, 2.75) is 31.2 Å². The molecule has 0 spiro atoms. The Morgan fingerprint density at radius 2 is 2.06 bits per heavy atom. The summed E-state index contributed by atoms with van der Waals surface area (Å²) in [6, 6.07) is 4.77. The molecular weight excluding hydrogens is 238 g/mol. The van der Waals surface area contributed by atoms with Crippen molar-refractivity contribution in [1.29, 1.82) is 0 Å². The van der Waals surface area contributed by atoms with Gasteiger partial charge in [-0.05, 0) is 44.0 Å². The van der Waals surface area contributed by atoms with Gasteiger partial charge in [-0.1, -0.05) is 0 Å². The quantitative estimate of drug-likeness (QED) is 0.868. The minimum atomic E-state index is -3.24. The van der Waals surface area contributed by atoms with E-state index >= 15 is 0 Å². The summed E-state index contributed by atoms with van der Waals surface area (Å²) in [5.74, 6) is 0.771. The van der Waals surface area contributed by atoms with Gasteiger partial charge in [0.05, 0.1) is 17.8 Å². The number of hydrogen-bond acceptors (Lipinski definition) is 4. The third-order valence-corrected chi connectivity index (χ3v) is 4.31. The van der Waals surface area contributed by atoms with Crippen LogP contribution in [-0.4, -0.2) is 27.3 Å². The zero-order chi connectivity index (χ0) is 13.1. The van der Waals surface area contributed by atoms with Gasteiger partial charge in [-0.2, -0.15) is 0 Å². The highest BCUT2D eigenvalue weighted by Gasteiger charge is 2.16. The van der Waals surface area contributed by atoms with E-state index in [0.717, 1.165) is 5.56 Å². The normalized spacial score (nSPS) is 13.4. The van der Waals surface area contributed by atoms with Crippen LogP contribution in [0, 0.1) is 6.92 Å². The van der Waals surface area contributed by atoms with Gasteiger partial charge in [0.1, 0.15) is 5.75 Å². The summed E-state index contributed by atoms with van der Waals surface area (Å²) >= 11 is 0. The highest BCUT2D eigenvalue weighted by Crippen LogP contribution is 2.22. The lowest BCUT2D eigenvalue weighted by Gasteiger charge is -2.09. The molecule has 96 valence electrons. The van der Waals surface area contributed by atoms with Crippen molar-refractivity contribution in [3.8, 4) is 5.75 Å². The molecule has 1 unspecified atom stereocenters. The first-order valence-electron chi connectivity index (χ1n) is 5.50. The fourth-order valence-electron chi connectivity index (χ4n) is 1.50. The number of ether oxygens (including phenoxy) is 1. The first kappa shape index (κ1) is 14.0. The number of benzene rings is 1. The third-order valence-electron chi connectivity index (χ3n) is 2.57. The molecule has 2 N–H and O–H groups in total. The van der Waals surface area contributed by atoms with E-state index in [-0.39, 0.29) is 11.8 Å². The number of aryl methyl sites for hydroxylation is 1. The first-order valence-corrected chi connectivity index (χ1v) is 7.15. The van der Waals surface area contributed by atoms with Crippen LogP contribution in [0.15, 0.2) is 23.1 Å². The van der Waals surface area contributed by atoms with E-state index in [0.29, 0.717) is 17.1 Å². The van der Waals surface area contributed by atoms with Crippen molar-refractivity contribution in [3.63, 3.8) is 0 Å². The minimum absolute atomic E-state index is 0.0798. The highest BCUT2D eigenvalue weighted by molar-refractivity contribution is 7.91. The summed E-state index contributed by atoms with van der Waals surface area (Å²) < 4.78 is 29.1. The molecule has 0 aliphatic carbocycles. The molecule has 1 atom stereocenters. The van der Waals surface area contributed by atoms with Crippen LogP contribution in [0.25, 0.3) is 0 Å². The van der Waals surface area contributed by atoms with Crippen molar-refractivity contribution in [1.82, 2.24) is 0 Å². The van der Waals surface area contributed by atoms with E-state index in [2.05, 4.69) is 0 Å². The zero-order valence-electron chi connectivity index (χ0n) is 10.4. The van der Waals surface area contributed by atoms with Crippen LogP contribution in [0.5, 0.6) is 5.75 Å². The molecule has 0 aliphatic rings. The van der Waals surface area contributed by atoms with Gasteiger partial charge in [0.15, 0.2) is 9.84 Å². The molecule has 1 aromatic rings. The standard InChI is InChI=1S/C12H19NO3S/c1-9-8-11(4-5-12(9)16-3)17(14,15)7-6-10(2)13/h4-5,8,10H,6-7,13H2,1-3H3. The SMILES string of the molecule is COc1ccc(S(=O)(=O)CCC(C)N)cc1C. The topological polar surface area (TPSA) is 69.4 Å². The zero-order valence-corrected chi connectivity index (χ0v) is 11.3. The van der Waals surface area contributed by atoms with Crippen LogP contribution in [0.4, 0.5) is 0 Å². The Balaban J connectivity index is 2.96. The van der Waals surface area contributed by atoms with Crippen molar-refractivity contribution in [2.75, 3.05) is 12.9 Å². The summed E-state index contributed by atoms with van der Waals surface area (Å²) in [6.45, 7) is 3.62. The molecule has 0 saturated heterocycles. The van der Waals surface area contributed by atoms with Crippen LogP contribution < -0.4 is 10.5 Å². The molecule has 0 radical (unpaired) electrons. The monoisotopic (exact) mass is 257 g/mol. The summed E-state index contributed by atoms with van der Waals surface area (Å²) in [5, 5.41) is 0. The minimum Gasteiger partial charge on any atom is -0.496 e. The van der Waals surface area contributed by atoms with Gasteiger partial charge in [0.2, 0.25) is 0 Å². The molecule has 1 rings (SSSR count). The van der Waals surface area contributed by atoms with Crippen molar-refractivity contribution in [2.24, 2.45) is 5.73 Å². The van der Waals surface area contributed by atoms with Crippen LogP contribution in [0.3, 0.4) is 0 Å². The summed E-state index contributed by atoms with van der Waals surface area (Å²) in [6.07, 6.45) is 0.466. The average molecular weight is 257 g/mol. The van der Waals surface area contributed by atoms with Gasteiger partial charge >= 0.3 is 0 Å². The van der Waals surface area contributed by atoms with Crippen LogP contribution in [0.1, 0.15) is 18.9 Å². The Kier molecular flexibility index (Phi) is 4.54. The average Bonchev–Trinajstić information content (AvgIpc) is 2.26. The third kappa shape index (κ3) is 3.71. The molecule has 0 fully saturated rings. The van der Waals surface area contributed by atoms with Crippen LogP contribution in [-0.2, 0) is 9.84 Å². The van der Waals surface area contributed by atoms with E-state index in [1.165, 1.54) is 0 Å². The van der Waals surface area contributed by atoms with Crippen molar-refractivity contribution >= 4 is 9.84 Å². The van der Waals surface area contributed by atoms with Crippen molar-refractivity contribution < 1.29 is 13.2 Å². The van der Waals surface area contributed by atoms with Crippen LogP contribution in [0.2, 0.25) is 0 Å². The second-order valence-corrected chi connectivity index (χ2v) is 6.33. The Morgan fingerprint density at radius 3 is 2.53 bits per heavy atom. The predicted octanol–water partition coefficient (Wildman–Crippen LogP) is 1.51. The lowest BCUT2D eigenvalue weighted by Crippen LogP contribution is -2.20. The Labute approximate surface area is 103 Å². The Morgan fingerprint density at radius 1 is 1.41 bits per heavy atom. The second kappa shape index (κ2) is 5.51. The van der Waals surface area contributed by atoms with E-state index < -0.39 is 9.84 Å². The van der Waals surface area contributed by atoms with Crippen molar-refractivity contribution in [3.05, 3.63) is 23.8 Å². The number of hydrogen-bond donors (Lipinski definition) is 1. The molecule has 0 heterocycles. The predicted molar refractivity (Wildman–Crippen MR) is 68.1 cm³/mol. The van der Waals surface area contributed by atoms with E-state index in [9.17, 15) is 8.42 Å². The molecule has 1 aromatic carbocycles. The highest BCUT2D eigenvalue weighted by atomic mass is 32.2. The largest absolute Gasteiger partial charge is 0.496 e. The molecule has 0 amide bonds. The number of methoxy groups -OCH3 is 1. The molecular formula is C12H19NO3S. The van der Waals surface area contributed by atoms with Gasteiger partial charge in [-0.15, -0.1) is 0 Å². The summed E-state index contributed by atoms with van der Waals surface area (Å²) in [5.41, 5.74) is 6.38. The molecule has 0 aromatic heterocycles. The summed E-state index contributed by atoms with van der Waals surface area (Å²) in [4.78, 5) is 0.330. The molecule has 0 aliphatic heterocycles. The molecule has 0 saturated carbocycles. The van der Waals surface area contributed by atoms with Gasteiger partial charge in [0, 0.05) is 6.04 Å². The molecule has 4 nitrogen and oxygen atoms in total. The van der Waals surface area contributed by atoms with Gasteiger partial charge in [0.25, 0.3) is 0 Å².